The number of benzene rings is 1. The van der Waals surface area contributed by atoms with Gasteiger partial charge in [0.1, 0.15) is 5.25 Å². The highest BCUT2D eigenvalue weighted by molar-refractivity contribution is 7.91. The van der Waals surface area contributed by atoms with Crippen molar-refractivity contribution >= 4 is 33.0 Å². The fourth-order valence-corrected chi connectivity index (χ4v) is 5.54. The average Bonchev–Trinajstić information content (AvgIpc) is 3.27. The molecular weight excluding hydrogens is 422 g/mol. The second-order valence-electron chi connectivity index (χ2n) is 6.61. The van der Waals surface area contributed by atoms with Gasteiger partial charge in [0, 0.05) is 30.4 Å². The second kappa shape index (κ2) is 9.64. The number of nitrogens with zero attached hydrogens (tertiary/aromatic N) is 1. The van der Waals surface area contributed by atoms with Crippen molar-refractivity contribution in [2.75, 3.05) is 6.54 Å². The molecule has 3 aromatic rings. The maximum atomic E-state index is 13.2. The molecule has 1 aromatic carbocycles. The van der Waals surface area contributed by atoms with Crippen molar-refractivity contribution in [2.24, 2.45) is 0 Å². The summed E-state index contributed by atoms with van der Waals surface area (Å²) in [4.78, 5) is 29.0. The van der Waals surface area contributed by atoms with Crippen LogP contribution in [0.5, 0.6) is 0 Å². The van der Waals surface area contributed by atoms with Gasteiger partial charge in [-0.05, 0) is 48.2 Å². The smallest absolute Gasteiger partial charge is 0.309 e. The fraction of sp³-hybridized carbons (Fsp3) is 0.190. The summed E-state index contributed by atoms with van der Waals surface area (Å²) in [6.45, 7) is 1.83. The molecule has 0 saturated carbocycles. The lowest BCUT2D eigenvalue weighted by Crippen LogP contribution is -2.42. The standard InChI is InChI=1S/C21H21N3O4S2/c1-15-4-6-17(7-5-15)30(27,28)19(18-3-2-12-29-18)14-24-21(26)20(25)23-13-16-8-10-22-11-9-16/h2-12,19H,13-14H2,1H3,(H,23,25)(H,24,26). The number of carbonyl (C=O) groups excluding carboxylic acids is 2. The van der Waals surface area contributed by atoms with E-state index >= 15 is 0 Å². The van der Waals surface area contributed by atoms with Crippen LogP contribution in [0.3, 0.4) is 0 Å². The van der Waals surface area contributed by atoms with E-state index in [1.165, 1.54) is 11.3 Å². The Balaban J connectivity index is 1.69. The molecule has 1 unspecified atom stereocenters. The number of pyridine rings is 1. The Morgan fingerprint density at radius 3 is 2.30 bits per heavy atom. The maximum Gasteiger partial charge on any atom is 0.309 e. The number of aromatic nitrogens is 1. The first kappa shape index (κ1) is 21.7. The van der Waals surface area contributed by atoms with E-state index in [1.807, 2.05) is 6.92 Å². The maximum absolute atomic E-state index is 13.2. The summed E-state index contributed by atoms with van der Waals surface area (Å²) in [5.41, 5.74) is 1.74. The number of sulfone groups is 1. The van der Waals surface area contributed by atoms with Gasteiger partial charge in [-0.25, -0.2) is 8.42 Å². The van der Waals surface area contributed by atoms with Gasteiger partial charge in [-0.1, -0.05) is 23.8 Å². The first-order chi connectivity index (χ1) is 14.4. The Kier molecular flexibility index (Phi) is 6.96. The number of rotatable bonds is 7. The Morgan fingerprint density at radius 2 is 1.67 bits per heavy atom. The monoisotopic (exact) mass is 443 g/mol. The predicted molar refractivity (Wildman–Crippen MR) is 115 cm³/mol. The largest absolute Gasteiger partial charge is 0.346 e. The van der Waals surface area contributed by atoms with Crippen LogP contribution in [0.2, 0.25) is 0 Å². The molecule has 0 aliphatic heterocycles. The molecule has 0 bridgehead atoms. The van der Waals surface area contributed by atoms with Gasteiger partial charge in [-0.3, -0.25) is 14.6 Å². The highest BCUT2D eigenvalue weighted by Crippen LogP contribution is 2.31. The van der Waals surface area contributed by atoms with Crippen molar-refractivity contribution in [1.29, 1.82) is 0 Å². The Labute approximate surface area is 179 Å². The molecule has 2 amide bonds. The number of hydrogen-bond donors (Lipinski definition) is 2. The molecule has 0 saturated heterocycles. The molecular formula is C21H21N3O4S2. The molecule has 0 fully saturated rings. The third-order valence-corrected chi connectivity index (χ3v) is 7.68. The average molecular weight is 444 g/mol. The zero-order chi connectivity index (χ0) is 21.6. The van der Waals surface area contributed by atoms with Crippen LogP contribution in [0.4, 0.5) is 0 Å². The number of carbonyl (C=O) groups is 2. The highest BCUT2D eigenvalue weighted by Gasteiger charge is 2.31. The second-order valence-corrected chi connectivity index (χ2v) is 9.72. The van der Waals surface area contributed by atoms with Crippen LogP contribution in [0, 0.1) is 6.92 Å². The fourth-order valence-electron chi connectivity index (χ4n) is 2.76. The molecule has 3 rings (SSSR count). The first-order valence-corrected chi connectivity index (χ1v) is 11.6. The van der Waals surface area contributed by atoms with Gasteiger partial charge in [-0.15, -0.1) is 11.3 Å². The van der Waals surface area contributed by atoms with Crippen LogP contribution < -0.4 is 10.6 Å². The van der Waals surface area contributed by atoms with Crippen molar-refractivity contribution in [3.63, 3.8) is 0 Å². The van der Waals surface area contributed by atoms with Gasteiger partial charge in [0.15, 0.2) is 9.84 Å². The summed E-state index contributed by atoms with van der Waals surface area (Å²) >= 11 is 1.29. The van der Waals surface area contributed by atoms with Crippen molar-refractivity contribution < 1.29 is 18.0 Å². The van der Waals surface area contributed by atoms with E-state index in [1.54, 1.807) is 66.3 Å². The van der Waals surface area contributed by atoms with Crippen LogP contribution in [0.1, 0.15) is 21.3 Å². The zero-order valence-electron chi connectivity index (χ0n) is 16.2. The number of thiophene rings is 1. The minimum atomic E-state index is -3.76. The summed E-state index contributed by atoms with van der Waals surface area (Å²) in [5, 5.41) is 5.75. The molecule has 0 aliphatic rings. The predicted octanol–water partition coefficient (Wildman–Crippen LogP) is 2.40. The van der Waals surface area contributed by atoms with E-state index in [0.29, 0.717) is 4.88 Å². The van der Waals surface area contributed by atoms with Gasteiger partial charge >= 0.3 is 11.8 Å². The summed E-state index contributed by atoms with van der Waals surface area (Å²) in [7, 11) is -3.76. The summed E-state index contributed by atoms with van der Waals surface area (Å²) in [6.07, 6.45) is 3.17. The van der Waals surface area contributed by atoms with E-state index in [9.17, 15) is 18.0 Å². The van der Waals surface area contributed by atoms with Crippen molar-refractivity contribution in [1.82, 2.24) is 15.6 Å². The molecule has 0 spiro atoms. The third-order valence-electron chi connectivity index (χ3n) is 4.44. The molecule has 9 heteroatoms. The van der Waals surface area contributed by atoms with E-state index in [4.69, 9.17) is 0 Å². The van der Waals surface area contributed by atoms with Crippen LogP contribution in [-0.4, -0.2) is 31.8 Å². The molecule has 7 nitrogen and oxygen atoms in total. The Morgan fingerprint density at radius 1 is 1.00 bits per heavy atom. The van der Waals surface area contributed by atoms with Gasteiger partial charge in [0.05, 0.1) is 4.90 Å². The highest BCUT2D eigenvalue weighted by atomic mass is 32.2. The third kappa shape index (κ3) is 5.31. The molecule has 30 heavy (non-hydrogen) atoms. The lowest BCUT2D eigenvalue weighted by atomic mass is 10.2. The normalized spacial score (nSPS) is 12.2. The van der Waals surface area contributed by atoms with Gasteiger partial charge in [-0.2, -0.15) is 0 Å². The minimum absolute atomic E-state index is 0.169. The molecule has 2 aromatic heterocycles. The van der Waals surface area contributed by atoms with Crippen molar-refractivity contribution in [3.8, 4) is 0 Å². The van der Waals surface area contributed by atoms with Crippen molar-refractivity contribution in [3.05, 3.63) is 82.3 Å². The zero-order valence-corrected chi connectivity index (χ0v) is 17.9. The van der Waals surface area contributed by atoms with Crippen LogP contribution in [0.15, 0.2) is 71.2 Å². The van der Waals surface area contributed by atoms with E-state index in [-0.39, 0.29) is 18.0 Å². The van der Waals surface area contributed by atoms with Gasteiger partial charge < -0.3 is 10.6 Å². The first-order valence-electron chi connectivity index (χ1n) is 9.17. The topological polar surface area (TPSA) is 105 Å². The van der Waals surface area contributed by atoms with E-state index in [0.717, 1.165) is 11.1 Å². The van der Waals surface area contributed by atoms with E-state index in [2.05, 4.69) is 15.6 Å². The summed E-state index contributed by atoms with van der Waals surface area (Å²) in [5.74, 6) is -1.71. The molecule has 0 radical (unpaired) electrons. The molecule has 2 N–H and O–H groups in total. The number of nitrogens with one attached hydrogen (secondary N) is 2. The number of hydrogen-bond acceptors (Lipinski definition) is 6. The van der Waals surface area contributed by atoms with Crippen LogP contribution >= 0.6 is 11.3 Å². The summed E-state index contributed by atoms with van der Waals surface area (Å²) < 4.78 is 26.4. The molecule has 156 valence electrons. The lowest BCUT2D eigenvalue weighted by Gasteiger charge is -2.17. The lowest BCUT2D eigenvalue weighted by molar-refractivity contribution is -0.139. The Bertz CT molecular complexity index is 1100. The van der Waals surface area contributed by atoms with Crippen LogP contribution in [0.25, 0.3) is 0 Å². The molecule has 0 aliphatic carbocycles. The minimum Gasteiger partial charge on any atom is -0.346 e. The SMILES string of the molecule is Cc1ccc(S(=O)(=O)C(CNC(=O)C(=O)NCc2ccncc2)c2cccs2)cc1. The van der Waals surface area contributed by atoms with Crippen LogP contribution in [-0.2, 0) is 26.0 Å². The summed E-state index contributed by atoms with van der Waals surface area (Å²) in [6, 6.07) is 13.5. The quantitative estimate of drug-likeness (QED) is 0.546. The molecule has 1 atom stereocenters. The number of amides is 2. The Hall–Kier alpha value is -3.04. The van der Waals surface area contributed by atoms with Gasteiger partial charge in [0.25, 0.3) is 0 Å². The van der Waals surface area contributed by atoms with Crippen molar-refractivity contribution in [2.45, 2.75) is 23.6 Å². The number of aryl methyl sites for hydroxylation is 1. The van der Waals surface area contributed by atoms with Gasteiger partial charge in [0.2, 0.25) is 0 Å². The molecule has 2 heterocycles. The van der Waals surface area contributed by atoms with E-state index < -0.39 is 26.9 Å².